The molecule has 0 spiro atoms. The minimum atomic E-state index is 0.610. The first-order valence-electron chi connectivity index (χ1n) is 5.89. The first-order chi connectivity index (χ1) is 7.75. The molecule has 1 aromatic rings. The molecule has 0 radical (unpaired) electrons. The van der Waals surface area contributed by atoms with E-state index in [0.717, 1.165) is 6.54 Å². The van der Waals surface area contributed by atoms with Gasteiger partial charge in [0.25, 0.3) is 0 Å². The quantitative estimate of drug-likeness (QED) is 0.714. The Kier molecular flexibility index (Phi) is 2.48. The molecule has 0 amide bonds. The second kappa shape index (κ2) is 3.86. The molecule has 2 unspecified atom stereocenters. The van der Waals surface area contributed by atoms with E-state index in [2.05, 4.69) is 46.9 Å². The van der Waals surface area contributed by atoms with Crippen LogP contribution >= 0.6 is 11.3 Å². The Morgan fingerprint density at radius 1 is 1.50 bits per heavy atom. The highest BCUT2D eigenvalue weighted by Gasteiger charge is 2.44. The maximum absolute atomic E-state index is 3.59. The Morgan fingerprint density at radius 3 is 3.12 bits per heavy atom. The molecular weight excluding hydrogens is 218 g/mol. The molecule has 1 aromatic heterocycles. The van der Waals surface area contributed by atoms with Crippen molar-refractivity contribution in [3.8, 4) is 0 Å². The molecule has 0 aliphatic carbocycles. The van der Waals surface area contributed by atoms with Gasteiger partial charge < -0.3 is 5.32 Å². The molecular formula is C12H18N3S+. The van der Waals surface area contributed by atoms with Gasteiger partial charge >= 0.3 is 0 Å². The van der Waals surface area contributed by atoms with Gasteiger partial charge in [0.2, 0.25) is 5.71 Å². The maximum atomic E-state index is 3.59. The molecule has 0 saturated carbocycles. The van der Waals surface area contributed by atoms with Crippen LogP contribution in [0.4, 0.5) is 0 Å². The van der Waals surface area contributed by atoms with E-state index in [1.54, 1.807) is 0 Å². The number of nitrogens with one attached hydrogen (secondary N) is 2. The Balaban J connectivity index is 1.91. The Morgan fingerprint density at radius 2 is 2.38 bits per heavy atom. The number of hydrogen-bond donors (Lipinski definition) is 2. The van der Waals surface area contributed by atoms with Crippen LogP contribution in [0.1, 0.15) is 18.2 Å². The first-order valence-corrected chi connectivity index (χ1v) is 6.77. The van der Waals surface area contributed by atoms with Crippen LogP contribution in [0, 0.1) is 5.92 Å². The normalized spacial score (nSPS) is 33.8. The van der Waals surface area contributed by atoms with Crippen LogP contribution in [-0.4, -0.2) is 36.1 Å². The Labute approximate surface area is 100 Å². The number of thiophene rings is 1. The van der Waals surface area contributed by atoms with Crippen LogP contribution in [0.5, 0.6) is 0 Å². The number of hydrazone groups is 1. The summed E-state index contributed by atoms with van der Waals surface area (Å²) in [5, 5.41) is 5.74. The van der Waals surface area contributed by atoms with Crippen molar-refractivity contribution in [3.05, 3.63) is 22.4 Å². The third kappa shape index (κ3) is 1.57. The SMILES string of the molecule is C[C@H]1CC2N[N+](C)=C(c3cccs3)C2CN1. The molecule has 2 N–H and O–H groups in total. The van der Waals surface area contributed by atoms with E-state index >= 15 is 0 Å². The zero-order chi connectivity index (χ0) is 11.1. The van der Waals surface area contributed by atoms with E-state index in [-0.39, 0.29) is 0 Å². The van der Waals surface area contributed by atoms with Crippen molar-refractivity contribution in [2.24, 2.45) is 5.92 Å². The molecule has 0 aromatic carbocycles. The van der Waals surface area contributed by atoms with E-state index < -0.39 is 0 Å². The molecule has 16 heavy (non-hydrogen) atoms. The van der Waals surface area contributed by atoms with E-state index in [4.69, 9.17) is 0 Å². The van der Waals surface area contributed by atoms with Crippen LogP contribution in [0.2, 0.25) is 0 Å². The van der Waals surface area contributed by atoms with Crippen LogP contribution < -0.4 is 10.7 Å². The summed E-state index contributed by atoms with van der Waals surface area (Å²) in [7, 11) is 2.14. The molecule has 1 fully saturated rings. The van der Waals surface area contributed by atoms with Crippen molar-refractivity contribution >= 4 is 17.0 Å². The van der Waals surface area contributed by atoms with Crippen molar-refractivity contribution in [2.75, 3.05) is 13.6 Å². The van der Waals surface area contributed by atoms with Gasteiger partial charge in [0, 0.05) is 12.6 Å². The summed E-state index contributed by atoms with van der Waals surface area (Å²) in [6.07, 6.45) is 1.21. The molecule has 4 heteroatoms. The van der Waals surface area contributed by atoms with Crippen LogP contribution in [0.3, 0.4) is 0 Å². The third-order valence-electron chi connectivity index (χ3n) is 3.63. The van der Waals surface area contributed by atoms with Gasteiger partial charge in [-0.3, -0.25) is 0 Å². The van der Waals surface area contributed by atoms with Gasteiger partial charge in [0.15, 0.2) is 7.05 Å². The van der Waals surface area contributed by atoms with Gasteiger partial charge in [-0.1, -0.05) is 6.07 Å². The molecule has 0 bridgehead atoms. The van der Waals surface area contributed by atoms with Crippen LogP contribution in [-0.2, 0) is 0 Å². The summed E-state index contributed by atoms with van der Waals surface area (Å²) in [6, 6.07) is 5.59. The van der Waals surface area contributed by atoms with Gasteiger partial charge in [0.05, 0.1) is 16.8 Å². The predicted molar refractivity (Wildman–Crippen MR) is 67.1 cm³/mol. The molecule has 2 aliphatic heterocycles. The first kappa shape index (κ1) is 10.3. The fourth-order valence-corrected chi connectivity index (χ4v) is 3.74. The van der Waals surface area contributed by atoms with E-state index in [9.17, 15) is 0 Å². The van der Waals surface area contributed by atoms with E-state index in [0.29, 0.717) is 18.0 Å². The number of piperidine rings is 1. The lowest BCUT2D eigenvalue weighted by Gasteiger charge is -2.28. The summed E-state index contributed by atoms with van der Waals surface area (Å²) in [4.78, 5) is 1.40. The van der Waals surface area contributed by atoms with E-state index in [1.165, 1.54) is 17.0 Å². The summed E-state index contributed by atoms with van der Waals surface area (Å²) in [5.41, 5.74) is 5.05. The lowest BCUT2D eigenvalue weighted by molar-refractivity contribution is -0.555. The van der Waals surface area contributed by atoms with Gasteiger partial charge in [0.1, 0.15) is 0 Å². The second-order valence-electron chi connectivity index (χ2n) is 4.81. The molecule has 86 valence electrons. The predicted octanol–water partition coefficient (Wildman–Crippen LogP) is 1.06. The fraction of sp³-hybridized carbons (Fsp3) is 0.583. The lowest BCUT2D eigenvalue weighted by Crippen LogP contribution is -2.49. The highest BCUT2D eigenvalue weighted by molar-refractivity contribution is 7.12. The highest BCUT2D eigenvalue weighted by Crippen LogP contribution is 2.26. The average Bonchev–Trinajstić information content (AvgIpc) is 2.83. The van der Waals surface area contributed by atoms with Crippen molar-refractivity contribution in [2.45, 2.75) is 25.4 Å². The monoisotopic (exact) mass is 236 g/mol. The zero-order valence-corrected chi connectivity index (χ0v) is 10.6. The topological polar surface area (TPSA) is 27.1 Å². The summed E-state index contributed by atoms with van der Waals surface area (Å²) >= 11 is 1.83. The van der Waals surface area contributed by atoms with Crippen molar-refractivity contribution in [3.63, 3.8) is 0 Å². The van der Waals surface area contributed by atoms with Crippen LogP contribution in [0.15, 0.2) is 17.5 Å². The minimum absolute atomic E-state index is 0.610. The fourth-order valence-electron chi connectivity index (χ4n) is 2.87. The standard InChI is InChI=1S/C12H18N3S/c1-8-6-10-9(7-13-8)12(15(2)14-10)11-4-3-5-16-11/h3-5,8-10,13-14H,6-7H2,1-2H3/q+1/t8-,9?,10?/m0/s1. The molecule has 3 atom stereocenters. The summed E-state index contributed by atoms with van der Waals surface area (Å²) < 4.78 is 2.22. The maximum Gasteiger partial charge on any atom is 0.228 e. The smallest absolute Gasteiger partial charge is 0.228 e. The number of hydrazine groups is 1. The zero-order valence-electron chi connectivity index (χ0n) is 9.73. The number of rotatable bonds is 1. The summed E-state index contributed by atoms with van der Waals surface area (Å²) in [5.74, 6) is 0.625. The second-order valence-corrected chi connectivity index (χ2v) is 5.76. The van der Waals surface area contributed by atoms with Gasteiger partial charge in [-0.05, 0) is 24.8 Å². The Bertz CT molecular complexity index is 410. The van der Waals surface area contributed by atoms with Gasteiger partial charge in [-0.15, -0.1) is 16.0 Å². The van der Waals surface area contributed by atoms with Crippen molar-refractivity contribution < 1.29 is 4.68 Å². The van der Waals surface area contributed by atoms with Gasteiger partial charge in [-0.2, -0.15) is 5.43 Å². The van der Waals surface area contributed by atoms with E-state index in [1.807, 2.05) is 11.3 Å². The summed E-state index contributed by atoms with van der Waals surface area (Å²) in [6.45, 7) is 3.36. The third-order valence-corrected chi connectivity index (χ3v) is 4.52. The lowest BCUT2D eigenvalue weighted by atomic mass is 9.87. The minimum Gasteiger partial charge on any atom is -0.313 e. The van der Waals surface area contributed by atoms with Gasteiger partial charge in [-0.25, -0.2) is 0 Å². The number of fused-ring (bicyclic) bond motifs is 1. The highest BCUT2D eigenvalue weighted by atomic mass is 32.1. The largest absolute Gasteiger partial charge is 0.313 e. The number of nitrogens with zero attached hydrogens (tertiary/aromatic N) is 1. The molecule has 3 nitrogen and oxygen atoms in total. The number of hydrogen-bond acceptors (Lipinski definition) is 3. The molecule has 3 heterocycles. The molecule has 2 aliphatic rings. The van der Waals surface area contributed by atoms with Crippen molar-refractivity contribution in [1.29, 1.82) is 0 Å². The Hall–Kier alpha value is -0.870. The molecule has 1 saturated heterocycles. The van der Waals surface area contributed by atoms with Crippen molar-refractivity contribution in [1.82, 2.24) is 10.7 Å². The van der Waals surface area contributed by atoms with Crippen LogP contribution in [0.25, 0.3) is 0 Å². The average molecular weight is 236 g/mol. The molecule has 3 rings (SSSR count).